The fourth-order valence-electron chi connectivity index (χ4n) is 3.59. The number of rotatable bonds is 5. The number of benzene rings is 1. The minimum Gasteiger partial charge on any atom is -0.348 e. The number of alkyl halides is 3. The van der Waals surface area contributed by atoms with E-state index < -0.39 is 12.7 Å². The SMILES string of the molecule is CCN1Cc2cc3c(CCNCC(F)(F)F)c(C)n(C)c3cc2C1. The van der Waals surface area contributed by atoms with E-state index >= 15 is 0 Å². The predicted molar refractivity (Wildman–Crippen MR) is 90.1 cm³/mol. The molecule has 24 heavy (non-hydrogen) atoms. The summed E-state index contributed by atoms with van der Waals surface area (Å²) in [5.74, 6) is 0. The topological polar surface area (TPSA) is 20.2 Å². The molecule has 1 aromatic heterocycles. The van der Waals surface area contributed by atoms with Crippen LogP contribution in [0.4, 0.5) is 13.2 Å². The summed E-state index contributed by atoms with van der Waals surface area (Å²) in [5.41, 5.74) is 6.18. The minimum absolute atomic E-state index is 0.331. The average Bonchev–Trinajstić information content (AvgIpc) is 3.02. The van der Waals surface area contributed by atoms with E-state index in [-0.39, 0.29) is 0 Å². The number of fused-ring (bicyclic) bond motifs is 2. The Balaban J connectivity index is 1.84. The van der Waals surface area contributed by atoms with E-state index in [1.165, 1.54) is 22.0 Å². The maximum atomic E-state index is 12.3. The molecule has 2 aromatic rings. The van der Waals surface area contributed by atoms with Gasteiger partial charge in [-0.2, -0.15) is 13.2 Å². The zero-order valence-corrected chi connectivity index (χ0v) is 14.4. The van der Waals surface area contributed by atoms with Crippen molar-refractivity contribution in [3.63, 3.8) is 0 Å². The number of halogens is 3. The second-order valence-electron chi connectivity index (χ2n) is 6.61. The van der Waals surface area contributed by atoms with E-state index in [9.17, 15) is 13.2 Å². The molecule has 0 aliphatic carbocycles. The summed E-state index contributed by atoms with van der Waals surface area (Å²) in [6.45, 7) is 6.57. The Kier molecular flexibility index (Phi) is 4.62. The highest BCUT2D eigenvalue weighted by Crippen LogP contribution is 2.32. The average molecular weight is 339 g/mol. The van der Waals surface area contributed by atoms with Crippen LogP contribution < -0.4 is 5.32 Å². The summed E-state index contributed by atoms with van der Waals surface area (Å²) in [5, 5.41) is 3.68. The van der Waals surface area contributed by atoms with Gasteiger partial charge in [-0.05, 0) is 55.3 Å². The highest BCUT2D eigenvalue weighted by atomic mass is 19.4. The van der Waals surface area contributed by atoms with Crippen molar-refractivity contribution in [2.45, 2.75) is 39.5 Å². The zero-order chi connectivity index (χ0) is 17.5. The number of aryl methyl sites for hydroxylation is 1. The van der Waals surface area contributed by atoms with Gasteiger partial charge in [-0.3, -0.25) is 4.90 Å². The molecule has 132 valence electrons. The summed E-state index contributed by atoms with van der Waals surface area (Å²) in [6.07, 6.45) is -3.55. The van der Waals surface area contributed by atoms with Crippen molar-refractivity contribution < 1.29 is 13.2 Å². The molecule has 1 aromatic carbocycles. The Hall–Kier alpha value is -1.53. The third kappa shape index (κ3) is 3.30. The molecule has 0 atom stereocenters. The molecule has 0 fully saturated rings. The number of nitrogens with zero attached hydrogens (tertiary/aromatic N) is 2. The Morgan fingerprint density at radius 2 is 1.83 bits per heavy atom. The molecule has 0 spiro atoms. The third-order valence-electron chi connectivity index (χ3n) is 5.06. The molecule has 0 unspecified atom stereocenters. The normalized spacial score (nSPS) is 15.4. The molecule has 3 rings (SSSR count). The molecular formula is C18H24F3N3. The molecule has 0 amide bonds. The summed E-state index contributed by atoms with van der Waals surface area (Å²) in [4.78, 5) is 2.39. The van der Waals surface area contributed by atoms with Crippen molar-refractivity contribution in [1.29, 1.82) is 0 Å². The molecule has 2 heterocycles. The smallest absolute Gasteiger partial charge is 0.348 e. The standard InChI is InChI=1S/C18H24F3N3/c1-4-24-9-13-7-16-15(5-6-22-11-18(19,20)21)12(2)23(3)17(16)8-14(13)10-24/h7-8,22H,4-6,9-11H2,1-3H3. The van der Waals surface area contributed by atoms with E-state index in [1.54, 1.807) is 0 Å². The Bertz CT molecular complexity index is 746. The molecule has 1 N–H and O–H groups in total. The summed E-state index contributed by atoms with van der Waals surface area (Å²) in [6, 6.07) is 4.49. The predicted octanol–water partition coefficient (Wildman–Crippen LogP) is 3.52. The van der Waals surface area contributed by atoms with Crippen LogP contribution in [0.25, 0.3) is 10.9 Å². The molecule has 0 radical (unpaired) electrons. The number of aromatic nitrogens is 1. The van der Waals surface area contributed by atoms with Gasteiger partial charge in [0.2, 0.25) is 0 Å². The van der Waals surface area contributed by atoms with Gasteiger partial charge < -0.3 is 9.88 Å². The van der Waals surface area contributed by atoms with E-state index in [0.29, 0.717) is 13.0 Å². The summed E-state index contributed by atoms with van der Waals surface area (Å²) >= 11 is 0. The highest BCUT2D eigenvalue weighted by Gasteiger charge is 2.26. The molecular weight excluding hydrogens is 315 g/mol. The van der Waals surface area contributed by atoms with Crippen molar-refractivity contribution in [1.82, 2.24) is 14.8 Å². The van der Waals surface area contributed by atoms with Crippen LogP contribution in [0.1, 0.15) is 29.3 Å². The first-order valence-corrected chi connectivity index (χ1v) is 8.39. The fourth-order valence-corrected chi connectivity index (χ4v) is 3.59. The molecule has 0 saturated carbocycles. The quantitative estimate of drug-likeness (QED) is 0.841. The lowest BCUT2D eigenvalue weighted by molar-refractivity contribution is -0.124. The van der Waals surface area contributed by atoms with E-state index in [1.807, 2.05) is 14.0 Å². The van der Waals surface area contributed by atoms with Gasteiger partial charge in [0.25, 0.3) is 0 Å². The maximum absolute atomic E-state index is 12.3. The van der Waals surface area contributed by atoms with Gasteiger partial charge in [0.15, 0.2) is 0 Å². The first-order valence-electron chi connectivity index (χ1n) is 8.39. The van der Waals surface area contributed by atoms with Crippen molar-refractivity contribution in [3.8, 4) is 0 Å². The second-order valence-corrected chi connectivity index (χ2v) is 6.61. The first-order chi connectivity index (χ1) is 11.3. The van der Waals surface area contributed by atoms with Crippen LogP contribution in [0, 0.1) is 6.92 Å². The summed E-state index contributed by atoms with van der Waals surface area (Å²) in [7, 11) is 2.03. The fraction of sp³-hybridized carbons (Fsp3) is 0.556. The maximum Gasteiger partial charge on any atom is 0.401 e. The highest BCUT2D eigenvalue weighted by molar-refractivity contribution is 5.87. The van der Waals surface area contributed by atoms with Gasteiger partial charge in [0.1, 0.15) is 0 Å². The monoisotopic (exact) mass is 339 g/mol. The molecule has 3 nitrogen and oxygen atoms in total. The Morgan fingerprint density at radius 1 is 1.17 bits per heavy atom. The van der Waals surface area contributed by atoms with Gasteiger partial charge in [-0.25, -0.2) is 0 Å². The van der Waals surface area contributed by atoms with Crippen LogP contribution in [0.3, 0.4) is 0 Å². The molecule has 0 saturated heterocycles. The third-order valence-corrected chi connectivity index (χ3v) is 5.06. The number of nitrogens with one attached hydrogen (secondary N) is 1. The van der Waals surface area contributed by atoms with Crippen LogP contribution in [0.2, 0.25) is 0 Å². The largest absolute Gasteiger partial charge is 0.401 e. The second kappa shape index (κ2) is 6.41. The van der Waals surface area contributed by atoms with Crippen LogP contribution in [0.15, 0.2) is 12.1 Å². The van der Waals surface area contributed by atoms with E-state index in [0.717, 1.165) is 30.9 Å². The van der Waals surface area contributed by atoms with Crippen LogP contribution in [0.5, 0.6) is 0 Å². The van der Waals surface area contributed by atoms with Gasteiger partial charge in [-0.1, -0.05) is 6.92 Å². The molecule has 6 heteroatoms. The lowest BCUT2D eigenvalue weighted by Crippen LogP contribution is -2.30. The number of hydrogen-bond acceptors (Lipinski definition) is 2. The Morgan fingerprint density at radius 3 is 2.46 bits per heavy atom. The van der Waals surface area contributed by atoms with Crippen molar-refractivity contribution in [2.24, 2.45) is 7.05 Å². The molecule has 0 bridgehead atoms. The minimum atomic E-state index is -4.15. The molecule has 1 aliphatic heterocycles. The van der Waals surface area contributed by atoms with Gasteiger partial charge in [-0.15, -0.1) is 0 Å². The Labute approximate surface area is 140 Å². The van der Waals surface area contributed by atoms with Crippen LogP contribution >= 0.6 is 0 Å². The van der Waals surface area contributed by atoms with Crippen molar-refractivity contribution >= 4 is 10.9 Å². The zero-order valence-electron chi connectivity index (χ0n) is 14.4. The van der Waals surface area contributed by atoms with Crippen molar-refractivity contribution in [3.05, 3.63) is 34.5 Å². The summed E-state index contributed by atoms with van der Waals surface area (Å²) < 4.78 is 39.0. The van der Waals surface area contributed by atoms with Gasteiger partial charge in [0.05, 0.1) is 6.54 Å². The number of hydrogen-bond donors (Lipinski definition) is 1. The van der Waals surface area contributed by atoms with Crippen LogP contribution in [-0.2, 0) is 26.6 Å². The first kappa shape index (κ1) is 17.3. The van der Waals surface area contributed by atoms with Crippen molar-refractivity contribution in [2.75, 3.05) is 19.6 Å². The van der Waals surface area contributed by atoms with E-state index in [4.69, 9.17) is 0 Å². The lowest BCUT2D eigenvalue weighted by atomic mass is 10.0. The van der Waals surface area contributed by atoms with Crippen LogP contribution in [-0.4, -0.2) is 35.3 Å². The molecule has 1 aliphatic rings. The van der Waals surface area contributed by atoms with Gasteiger partial charge >= 0.3 is 6.18 Å². The van der Waals surface area contributed by atoms with Gasteiger partial charge in [0, 0.05) is 36.7 Å². The lowest BCUT2D eigenvalue weighted by Gasteiger charge is -2.09. The van der Waals surface area contributed by atoms with E-state index in [2.05, 4.69) is 33.8 Å².